The first-order valence-corrected chi connectivity index (χ1v) is 2.45. The molecule has 0 fully saturated rings. The first-order chi connectivity index (χ1) is 2.00. The van der Waals surface area contributed by atoms with Gasteiger partial charge < -0.3 is 28.2 Å². The monoisotopic (exact) mass is 221 g/mol. The Labute approximate surface area is 88.6 Å². The van der Waals surface area contributed by atoms with E-state index in [0.29, 0.717) is 0 Å². The van der Waals surface area contributed by atoms with Gasteiger partial charge in [0.15, 0.2) is 0 Å². The summed E-state index contributed by atoms with van der Waals surface area (Å²) < 4.78 is 0. The largest absolute Gasteiger partial charge is 0.894 e. The normalized spacial score (nSPS) is 7.50. The first kappa shape index (κ1) is 22.5. The molecule has 0 spiro atoms. The maximum atomic E-state index is 8.58. The Bertz CT molecular complexity index is 27.9. The third-order valence-electron chi connectivity index (χ3n) is 0. The quantitative estimate of drug-likeness (QED) is 0.379. The maximum absolute atomic E-state index is 8.58. The summed E-state index contributed by atoms with van der Waals surface area (Å²) in [4.78, 5) is 34.3. The van der Waals surface area contributed by atoms with Crippen LogP contribution in [0.1, 0.15) is 0 Å². The van der Waals surface area contributed by atoms with Crippen molar-refractivity contribution < 1.29 is 50.9 Å². The first-order valence-electron chi connectivity index (χ1n) is 0.816. The van der Waals surface area contributed by atoms with Gasteiger partial charge in [0.1, 0.15) is 0 Å². The standard InChI is InChI=1S/Na.O4Si.O.Zr/c;1-5(2,3)4;;/q;-4;;. The molecule has 0 saturated heterocycles. The van der Waals surface area contributed by atoms with Gasteiger partial charge in [-0.2, -0.15) is 0 Å². The summed E-state index contributed by atoms with van der Waals surface area (Å²) in [7, 11) is -5.61. The summed E-state index contributed by atoms with van der Waals surface area (Å²) in [6, 6.07) is 0. The zero-order valence-electron chi connectivity index (χ0n) is 4.04. The van der Waals surface area contributed by atoms with Crippen molar-refractivity contribution in [3.63, 3.8) is 0 Å². The molecule has 0 unspecified atom stereocenters. The third kappa shape index (κ3) is 104. The fourth-order valence-corrected chi connectivity index (χ4v) is 0. The summed E-state index contributed by atoms with van der Waals surface area (Å²) in [5, 5.41) is 0. The van der Waals surface area contributed by atoms with Gasteiger partial charge in [0.05, 0.1) is 0 Å². The molecule has 0 atom stereocenters. The van der Waals surface area contributed by atoms with Crippen molar-refractivity contribution in [1.82, 2.24) is 0 Å². The van der Waals surface area contributed by atoms with Crippen molar-refractivity contribution in [2.45, 2.75) is 0 Å². The number of hydrogen-bond donors (Lipinski definition) is 0. The second kappa shape index (κ2) is 8.90. The SMILES string of the molecule is [Na].[O-][Si]([O-])([O-])[O-].[O].[Zr]. The Hall–Kier alpha value is 1.90. The van der Waals surface area contributed by atoms with E-state index in [1.54, 1.807) is 0 Å². The van der Waals surface area contributed by atoms with E-state index in [9.17, 15) is 0 Å². The zero-order chi connectivity index (χ0) is 4.50. The second-order valence-corrected chi connectivity index (χ2v) is 1.50. The molecule has 3 radical (unpaired) electrons. The minimum absolute atomic E-state index is 0. The molecule has 0 aromatic carbocycles. The molecule has 0 heterocycles. The van der Waals surface area contributed by atoms with Gasteiger partial charge in [0.2, 0.25) is 0 Å². The average molecular weight is 222 g/mol. The van der Waals surface area contributed by atoms with Gasteiger partial charge in [0, 0.05) is 61.2 Å². The van der Waals surface area contributed by atoms with E-state index in [0.717, 1.165) is 0 Å². The van der Waals surface area contributed by atoms with Crippen LogP contribution in [-0.2, 0) is 31.7 Å². The summed E-state index contributed by atoms with van der Waals surface area (Å²) in [6.07, 6.45) is 0. The van der Waals surface area contributed by atoms with Crippen LogP contribution < -0.4 is 19.2 Å². The molecular weight excluding hydrogens is 222 g/mol. The Morgan fingerprint density at radius 3 is 0.875 bits per heavy atom. The summed E-state index contributed by atoms with van der Waals surface area (Å²) >= 11 is 0. The summed E-state index contributed by atoms with van der Waals surface area (Å²) in [6.45, 7) is 0. The van der Waals surface area contributed by atoms with Crippen molar-refractivity contribution >= 4 is 38.6 Å². The fraction of sp³-hybridized carbons (Fsp3) is 0. The van der Waals surface area contributed by atoms with E-state index < -0.39 is 9.05 Å². The van der Waals surface area contributed by atoms with E-state index in [1.165, 1.54) is 0 Å². The van der Waals surface area contributed by atoms with Crippen molar-refractivity contribution in [2.24, 2.45) is 0 Å². The van der Waals surface area contributed by atoms with Gasteiger partial charge in [-0.15, -0.1) is 0 Å². The summed E-state index contributed by atoms with van der Waals surface area (Å²) in [5.41, 5.74) is 0. The zero-order valence-corrected chi connectivity index (χ0v) is 9.50. The van der Waals surface area contributed by atoms with Crippen molar-refractivity contribution in [3.8, 4) is 0 Å². The van der Waals surface area contributed by atoms with Gasteiger partial charge in [0.25, 0.3) is 0 Å². The topological polar surface area (TPSA) is 121 Å². The van der Waals surface area contributed by atoms with Crippen LogP contribution in [0.2, 0.25) is 0 Å². The minimum Gasteiger partial charge on any atom is -0.894 e. The molecule has 8 heavy (non-hydrogen) atoms. The van der Waals surface area contributed by atoms with E-state index in [2.05, 4.69) is 0 Å². The molecular formula is NaO5SiZr-4. The molecule has 0 aliphatic rings. The molecule has 0 aliphatic heterocycles. The van der Waals surface area contributed by atoms with Crippen molar-refractivity contribution in [2.75, 3.05) is 0 Å². The molecule has 8 heteroatoms. The molecule has 43 valence electrons. The molecule has 0 rings (SSSR count). The average Bonchev–Trinajstić information content (AvgIpc) is 0.722. The van der Waals surface area contributed by atoms with Crippen LogP contribution in [-0.4, -0.2) is 38.6 Å². The second-order valence-electron chi connectivity index (χ2n) is 0.500. The van der Waals surface area contributed by atoms with Crippen molar-refractivity contribution in [3.05, 3.63) is 0 Å². The van der Waals surface area contributed by atoms with Gasteiger partial charge in [-0.05, 0) is 0 Å². The Morgan fingerprint density at radius 1 is 0.875 bits per heavy atom. The molecule has 0 amide bonds. The Kier molecular flexibility index (Phi) is 25.1. The van der Waals surface area contributed by atoms with Gasteiger partial charge >= 0.3 is 0 Å². The molecule has 0 aliphatic carbocycles. The Morgan fingerprint density at radius 2 is 0.875 bits per heavy atom. The molecule has 0 aromatic rings. The van der Waals surface area contributed by atoms with Gasteiger partial charge in [-0.3, -0.25) is 0 Å². The molecule has 5 nitrogen and oxygen atoms in total. The molecule has 0 N–H and O–H groups in total. The Balaban J connectivity index is -0.0000000267. The van der Waals surface area contributed by atoms with Crippen LogP contribution in [0.4, 0.5) is 0 Å². The third-order valence-corrected chi connectivity index (χ3v) is 0. The predicted molar refractivity (Wildman–Crippen MR) is 12.2 cm³/mol. The van der Waals surface area contributed by atoms with Crippen molar-refractivity contribution in [1.29, 1.82) is 0 Å². The van der Waals surface area contributed by atoms with E-state index in [1.807, 2.05) is 0 Å². The van der Waals surface area contributed by atoms with Crippen LogP contribution in [0.5, 0.6) is 0 Å². The summed E-state index contributed by atoms with van der Waals surface area (Å²) in [5.74, 6) is 0. The molecule has 0 bridgehead atoms. The molecule has 0 aromatic heterocycles. The van der Waals surface area contributed by atoms with E-state index in [-0.39, 0.29) is 61.2 Å². The minimum atomic E-state index is -5.61. The van der Waals surface area contributed by atoms with Crippen LogP contribution in [0, 0.1) is 0 Å². The van der Waals surface area contributed by atoms with Crippen LogP contribution in [0.25, 0.3) is 0 Å². The van der Waals surface area contributed by atoms with Gasteiger partial charge in [-0.1, -0.05) is 0 Å². The number of rotatable bonds is 0. The van der Waals surface area contributed by atoms with Crippen LogP contribution >= 0.6 is 0 Å². The van der Waals surface area contributed by atoms with Gasteiger partial charge in [-0.25, -0.2) is 0 Å². The van der Waals surface area contributed by atoms with Crippen LogP contribution in [0.3, 0.4) is 0 Å². The molecule has 0 saturated carbocycles. The van der Waals surface area contributed by atoms with E-state index >= 15 is 0 Å². The number of hydrogen-bond acceptors (Lipinski definition) is 4. The maximum Gasteiger partial charge on any atom is 0 e. The van der Waals surface area contributed by atoms with Crippen LogP contribution in [0.15, 0.2) is 0 Å². The predicted octanol–water partition coefficient (Wildman–Crippen LogP) is -5.64. The van der Waals surface area contributed by atoms with E-state index in [4.69, 9.17) is 19.2 Å². The fourth-order valence-electron chi connectivity index (χ4n) is 0. The smallest absolute Gasteiger partial charge is 0 e.